The second-order valence-electron chi connectivity index (χ2n) is 7.38. The molecule has 9 heteroatoms. The van der Waals surface area contributed by atoms with Crippen molar-refractivity contribution in [3.05, 3.63) is 60.5 Å². The second kappa shape index (κ2) is 7.23. The quantitative estimate of drug-likeness (QED) is 0.370. The summed E-state index contributed by atoms with van der Waals surface area (Å²) in [6.07, 6.45) is 6.85. The SMILES string of the molecule is O=c1c2c3c(sc2ncn1Cc1cc([N+](=O)[O-])cc2c1OCOC2)CCCCC3. The molecule has 3 heterocycles. The highest BCUT2D eigenvalue weighted by Gasteiger charge is 2.23. The summed E-state index contributed by atoms with van der Waals surface area (Å²) in [4.78, 5) is 30.8. The van der Waals surface area contributed by atoms with Crippen molar-refractivity contribution in [3.8, 4) is 5.75 Å². The highest BCUT2D eigenvalue weighted by molar-refractivity contribution is 7.18. The maximum absolute atomic E-state index is 13.3. The van der Waals surface area contributed by atoms with Crippen LogP contribution in [-0.4, -0.2) is 21.3 Å². The zero-order valence-corrected chi connectivity index (χ0v) is 16.5. The lowest BCUT2D eigenvalue weighted by atomic mass is 10.1. The van der Waals surface area contributed by atoms with Gasteiger partial charge in [-0.3, -0.25) is 19.5 Å². The third kappa shape index (κ3) is 3.20. The average molecular weight is 413 g/mol. The Morgan fingerprint density at radius 3 is 2.97 bits per heavy atom. The summed E-state index contributed by atoms with van der Waals surface area (Å²) in [5.74, 6) is 0.554. The third-order valence-electron chi connectivity index (χ3n) is 5.52. The molecule has 5 rings (SSSR count). The van der Waals surface area contributed by atoms with Gasteiger partial charge in [-0.15, -0.1) is 11.3 Å². The predicted molar refractivity (Wildman–Crippen MR) is 108 cm³/mol. The summed E-state index contributed by atoms with van der Waals surface area (Å²) in [5, 5.41) is 12.0. The predicted octanol–water partition coefficient (Wildman–Crippen LogP) is 3.55. The monoisotopic (exact) mass is 413 g/mol. The summed E-state index contributed by atoms with van der Waals surface area (Å²) in [5.41, 5.74) is 2.20. The fourth-order valence-electron chi connectivity index (χ4n) is 4.16. The van der Waals surface area contributed by atoms with E-state index in [2.05, 4.69) is 4.98 Å². The number of ether oxygens (including phenoxy) is 2. The van der Waals surface area contributed by atoms with Gasteiger partial charge < -0.3 is 9.47 Å². The van der Waals surface area contributed by atoms with Gasteiger partial charge in [0.15, 0.2) is 6.79 Å². The van der Waals surface area contributed by atoms with Crippen molar-refractivity contribution >= 4 is 27.2 Å². The van der Waals surface area contributed by atoms with Crippen LogP contribution in [0, 0.1) is 10.1 Å². The highest BCUT2D eigenvalue weighted by atomic mass is 32.1. The fourth-order valence-corrected chi connectivity index (χ4v) is 5.38. The topological polar surface area (TPSA) is 96.5 Å². The van der Waals surface area contributed by atoms with E-state index in [1.54, 1.807) is 11.3 Å². The van der Waals surface area contributed by atoms with E-state index in [4.69, 9.17) is 9.47 Å². The molecule has 0 saturated carbocycles. The maximum Gasteiger partial charge on any atom is 0.270 e. The maximum atomic E-state index is 13.3. The van der Waals surface area contributed by atoms with Gasteiger partial charge in [0.2, 0.25) is 0 Å². The molecule has 0 atom stereocenters. The molecule has 1 aromatic carbocycles. The number of non-ortho nitro benzene ring substituents is 1. The fraction of sp³-hybridized carbons (Fsp3) is 0.400. The standard InChI is InChI=1S/C20H19N3O5S/c24-20-17-15-4-2-1-3-5-16(15)29-19(17)21-10-22(20)8-12-6-14(23(25)26)7-13-9-27-11-28-18(12)13/h6-7,10H,1-5,8-9,11H2. The number of rotatable bonds is 3. The second-order valence-corrected chi connectivity index (χ2v) is 8.47. The number of nitro benzene ring substituents is 1. The molecule has 0 bridgehead atoms. The van der Waals surface area contributed by atoms with Gasteiger partial charge in [0.1, 0.15) is 10.6 Å². The minimum atomic E-state index is -0.443. The molecule has 8 nitrogen and oxygen atoms in total. The number of aromatic nitrogens is 2. The molecule has 0 spiro atoms. The molecule has 0 fully saturated rings. The number of aryl methyl sites for hydroxylation is 2. The van der Waals surface area contributed by atoms with Crippen LogP contribution in [0.4, 0.5) is 5.69 Å². The first-order chi connectivity index (χ1) is 14.1. The minimum Gasteiger partial charge on any atom is -0.467 e. The van der Waals surface area contributed by atoms with Gasteiger partial charge >= 0.3 is 0 Å². The number of hydrogen-bond acceptors (Lipinski definition) is 7. The van der Waals surface area contributed by atoms with E-state index in [-0.39, 0.29) is 31.2 Å². The lowest BCUT2D eigenvalue weighted by Gasteiger charge is -2.20. The van der Waals surface area contributed by atoms with Gasteiger partial charge in [-0.2, -0.15) is 0 Å². The number of nitrogens with zero attached hydrogens (tertiary/aromatic N) is 3. The molecule has 0 unspecified atom stereocenters. The van der Waals surface area contributed by atoms with Crippen LogP contribution in [0.25, 0.3) is 10.2 Å². The zero-order valence-electron chi connectivity index (χ0n) is 15.7. The first kappa shape index (κ1) is 18.3. The van der Waals surface area contributed by atoms with E-state index < -0.39 is 4.92 Å². The molecule has 2 aromatic heterocycles. The summed E-state index contributed by atoms with van der Waals surface area (Å²) >= 11 is 1.62. The Labute approximate surface area is 169 Å². The van der Waals surface area contributed by atoms with Gasteiger partial charge in [-0.1, -0.05) is 6.42 Å². The van der Waals surface area contributed by atoms with Crippen LogP contribution in [0.5, 0.6) is 5.75 Å². The number of benzene rings is 1. The van der Waals surface area contributed by atoms with E-state index in [9.17, 15) is 14.9 Å². The number of nitro groups is 1. The number of hydrogen-bond donors (Lipinski definition) is 0. The first-order valence-corrected chi connectivity index (χ1v) is 10.4. The lowest BCUT2D eigenvalue weighted by molar-refractivity contribution is -0.385. The Bertz CT molecular complexity index is 1180. The van der Waals surface area contributed by atoms with Crippen LogP contribution in [0.2, 0.25) is 0 Å². The van der Waals surface area contributed by atoms with Crippen molar-refractivity contribution in [1.82, 2.24) is 9.55 Å². The lowest BCUT2D eigenvalue weighted by Crippen LogP contribution is -2.23. The Balaban J connectivity index is 1.61. The minimum absolute atomic E-state index is 0.0423. The summed E-state index contributed by atoms with van der Waals surface area (Å²) in [7, 11) is 0. The van der Waals surface area contributed by atoms with Crippen molar-refractivity contribution in [2.45, 2.75) is 45.3 Å². The smallest absolute Gasteiger partial charge is 0.270 e. The van der Waals surface area contributed by atoms with Crippen molar-refractivity contribution in [2.24, 2.45) is 0 Å². The van der Waals surface area contributed by atoms with E-state index in [1.807, 2.05) is 0 Å². The zero-order chi connectivity index (χ0) is 20.0. The van der Waals surface area contributed by atoms with Crippen LogP contribution in [-0.2, 0) is 30.7 Å². The highest BCUT2D eigenvalue weighted by Crippen LogP contribution is 2.34. The summed E-state index contributed by atoms with van der Waals surface area (Å²) in [6, 6.07) is 2.93. The van der Waals surface area contributed by atoms with Crippen LogP contribution >= 0.6 is 11.3 Å². The Hall–Kier alpha value is -2.78. The summed E-state index contributed by atoms with van der Waals surface area (Å²) < 4.78 is 12.4. The first-order valence-electron chi connectivity index (χ1n) is 9.62. The van der Waals surface area contributed by atoms with Gasteiger partial charge in [-0.25, -0.2) is 4.98 Å². The van der Waals surface area contributed by atoms with E-state index in [0.717, 1.165) is 36.1 Å². The number of fused-ring (bicyclic) bond motifs is 4. The average Bonchev–Trinajstić information content (AvgIpc) is 2.92. The summed E-state index contributed by atoms with van der Waals surface area (Å²) in [6.45, 7) is 0.493. The molecule has 0 saturated heterocycles. The normalized spacial score (nSPS) is 16.0. The number of thiophene rings is 1. The van der Waals surface area contributed by atoms with Gasteiger partial charge in [0.05, 0.1) is 29.8 Å². The molecule has 0 N–H and O–H groups in total. The molecule has 150 valence electrons. The van der Waals surface area contributed by atoms with Crippen molar-refractivity contribution < 1.29 is 14.4 Å². The van der Waals surface area contributed by atoms with Crippen molar-refractivity contribution in [1.29, 1.82) is 0 Å². The largest absolute Gasteiger partial charge is 0.467 e. The molecule has 0 amide bonds. The molecule has 3 aromatic rings. The molecule has 1 aliphatic carbocycles. The molecular formula is C20H19N3O5S. The van der Waals surface area contributed by atoms with Crippen molar-refractivity contribution in [2.75, 3.05) is 6.79 Å². The Morgan fingerprint density at radius 1 is 1.24 bits per heavy atom. The van der Waals surface area contributed by atoms with Gasteiger partial charge in [0.25, 0.3) is 11.2 Å². The Kier molecular flexibility index (Phi) is 4.56. The van der Waals surface area contributed by atoms with Crippen molar-refractivity contribution in [3.63, 3.8) is 0 Å². The molecule has 29 heavy (non-hydrogen) atoms. The molecular weight excluding hydrogens is 394 g/mol. The van der Waals surface area contributed by atoms with E-state index in [1.165, 1.54) is 34.3 Å². The van der Waals surface area contributed by atoms with E-state index in [0.29, 0.717) is 22.3 Å². The van der Waals surface area contributed by atoms with Crippen LogP contribution in [0.1, 0.15) is 40.8 Å². The van der Waals surface area contributed by atoms with E-state index >= 15 is 0 Å². The van der Waals surface area contributed by atoms with Crippen LogP contribution in [0.3, 0.4) is 0 Å². The van der Waals surface area contributed by atoms with Gasteiger partial charge in [-0.05, 0) is 31.2 Å². The van der Waals surface area contributed by atoms with Crippen LogP contribution in [0.15, 0.2) is 23.3 Å². The molecule has 1 aliphatic heterocycles. The van der Waals surface area contributed by atoms with Crippen LogP contribution < -0.4 is 10.3 Å². The molecule has 2 aliphatic rings. The molecule has 0 radical (unpaired) electrons. The third-order valence-corrected chi connectivity index (χ3v) is 6.71. The van der Waals surface area contributed by atoms with Gasteiger partial charge in [0, 0.05) is 28.1 Å². The Morgan fingerprint density at radius 2 is 2.10 bits per heavy atom.